The van der Waals surface area contributed by atoms with E-state index in [-0.39, 0.29) is 5.91 Å². The van der Waals surface area contributed by atoms with E-state index in [0.717, 1.165) is 48.8 Å². The van der Waals surface area contributed by atoms with Gasteiger partial charge in [0.15, 0.2) is 0 Å². The first-order valence-corrected chi connectivity index (χ1v) is 8.42. The fourth-order valence-corrected chi connectivity index (χ4v) is 3.12. The molecule has 1 saturated heterocycles. The number of nitrogens with zero attached hydrogens (tertiary/aromatic N) is 3. The van der Waals surface area contributed by atoms with E-state index in [2.05, 4.69) is 25.2 Å². The highest BCUT2D eigenvalue weighted by Gasteiger charge is 2.20. The number of pyridine rings is 1. The van der Waals surface area contributed by atoms with Gasteiger partial charge in [-0.15, -0.1) is 0 Å². The molecule has 25 heavy (non-hydrogen) atoms. The van der Waals surface area contributed by atoms with Crippen LogP contribution in [0.15, 0.2) is 55.0 Å². The minimum absolute atomic E-state index is 0.147. The monoisotopic (exact) mass is 333 g/mol. The number of carbonyl (C=O) groups excluding carboxylic acids is 1. The maximum absolute atomic E-state index is 12.8. The number of H-pyrrole nitrogens is 1. The summed E-state index contributed by atoms with van der Waals surface area (Å²) in [5.41, 5.74) is 2.26. The van der Waals surface area contributed by atoms with Gasteiger partial charge < -0.3 is 15.2 Å². The van der Waals surface area contributed by atoms with Gasteiger partial charge in [0, 0.05) is 42.9 Å². The molecule has 0 radical (unpaired) electrons. The van der Waals surface area contributed by atoms with E-state index in [1.165, 1.54) is 0 Å². The Morgan fingerprint density at radius 2 is 1.96 bits per heavy atom. The number of carbonyl (C=O) groups is 1. The number of nitrogens with one attached hydrogen (secondary N) is 2. The molecule has 126 valence electrons. The van der Waals surface area contributed by atoms with Crippen molar-refractivity contribution in [1.29, 1.82) is 0 Å². The second kappa shape index (κ2) is 6.76. The summed E-state index contributed by atoms with van der Waals surface area (Å²) in [5.74, 6) is 1.39. The van der Waals surface area contributed by atoms with Crippen molar-refractivity contribution >= 4 is 17.4 Å². The fraction of sp³-hybridized carbons (Fsp3) is 0.211. The maximum Gasteiger partial charge on any atom is 0.259 e. The summed E-state index contributed by atoms with van der Waals surface area (Å²) in [6.07, 6.45) is 7.50. The van der Waals surface area contributed by atoms with Gasteiger partial charge in [-0.1, -0.05) is 12.1 Å². The first-order valence-electron chi connectivity index (χ1n) is 8.42. The molecule has 1 amide bonds. The second-order valence-corrected chi connectivity index (χ2v) is 6.04. The molecule has 6 heteroatoms. The molecule has 6 nitrogen and oxygen atoms in total. The molecule has 1 fully saturated rings. The van der Waals surface area contributed by atoms with Crippen LogP contribution in [0.3, 0.4) is 0 Å². The van der Waals surface area contributed by atoms with Gasteiger partial charge >= 0.3 is 0 Å². The third-order valence-corrected chi connectivity index (χ3v) is 4.33. The maximum atomic E-state index is 12.8. The van der Waals surface area contributed by atoms with Gasteiger partial charge in [0.25, 0.3) is 5.91 Å². The number of hydrogen-bond donors (Lipinski definition) is 2. The smallest absolute Gasteiger partial charge is 0.259 e. The predicted molar refractivity (Wildman–Crippen MR) is 97.7 cm³/mol. The summed E-state index contributed by atoms with van der Waals surface area (Å²) >= 11 is 0. The lowest BCUT2D eigenvalue weighted by atomic mass is 10.1. The van der Waals surface area contributed by atoms with Crippen LogP contribution < -0.4 is 10.2 Å². The average molecular weight is 333 g/mol. The third kappa shape index (κ3) is 3.24. The zero-order valence-corrected chi connectivity index (χ0v) is 13.8. The normalized spacial score (nSPS) is 13.8. The molecule has 1 aromatic carbocycles. The van der Waals surface area contributed by atoms with Crippen molar-refractivity contribution in [2.45, 2.75) is 12.8 Å². The zero-order valence-electron chi connectivity index (χ0n) is 13.8. The third-order valence-electron chi connectivity index (χ3n) is 4.33. The largest absolute Gasteiger partial charge is 0.356 e. The first kappa shape index (κ1) is 15.4. The van der Waals surface area contributed by atoms with Crippen LogP contribution in [0.4, 0.5) is 11.5 Å². The van der Waals surface area contributed by atoms with Crippen LogP contribution in [0.1, 0.15) is 23.2 Å². The van der Waals surface area contributed by atoms with Crippen molar-refractivity contribution in [3.8, 4) is 11.4 Å². The number of anilines is 2. The Kier molecular flexibility index (Phi) is 4.16. The molecular formula is C19H19N5O. The van der Waals surface area contributed by atoms with Crippen molar-refractivity contribution in [2.24, 2.45) is 0 Å². The summed E-state index contributed by atoms with van der Waals surface area (Å²) in [4.78, 5) is 26.7. The van der Waals surface area contributed by atoms with Gasteiger partial charge in [-0.05, 0) is 37.1 Å². The topological polar surface area (TPSA) is 73.9 Å². The number of aromatic amines is 1. The van der Waals surface area contributed by atoms with Crippen molar-refractivity contribution in [3.05, 3.63) is 60.6 Å². The van der Waals surface area contributed by atoms with Crippen LogP contribution in [-0.4, -0.2) is 33.9 Å². The average Bonchev–Trinajstić information content (AvgIpc) is 3.36. The Labute approximate surface area is 145 Å². The van der Waals surface area contributed by atoms with E-state index in [1.54, 1.807) is 24.7 Å². The molecule has 2 N–H and O–H groups in total. The molecule has 0 atom stereocenters. The van der Waals surface area contributed by atoms with Crippen molar-refractivity contribution in [1.82, 2.24) is 15.0 Å². The van der Waals surface area contributed by atoms with E-state index in [1.807, 2.05) is 30.3 Å². The minimum atomic E-state index is -0.147. The molecule has 2 aromatic heterocycles. The number of imidazole rings is 1. The molecule has 1 aliphatic rings. The van der Waals surface area contributed by atoms with E-state index < -0.39 is 0 Å². The molecule has 0 aliphatic carbocycles. The lowest BCUT2D eigenvalue weighted by Crippen LogP contribution is -2.24. The molecular weight excluding hydrogens is 314 g/mol. The number of aromatic nitrogens is 3. The molecule has 3 aromatic rings. The van der Waals surface area contributed by atoms with E-state index in [4.69, 9.17) is 0 Å². The van der Waals surface area contributed by atoms with E-state index >= 15 is 0 Å². The van der Waals surface area contributed by atoms with Crippen LogP contribution in [0, 0.1) is 0 Å². The summed E-state index contributed by atoms with van der Waals surface area (Å²) in [5, 5.41) is 2.98. The highest BCUT2D eigenvalue weighted by Crippen LogP contribution is 2.24. The molecule has 0 spiro atoms. The Morgan fingerprint density at radius 1 is 1.08 bits per heavy atom. The number of benzene rings is 1. The summed E-state index contributed by atoms with van der Waals surface area (Å²) in [7, 11) is 0. The van der Waals surface area contributed by atoms with Crippen LogP contribution in [0.5, 0.6) is 0 Å². The summed E-state index contributed by atoms with van der Waals surface area (Å²) in [6, 6.07) is 11.3. The fourth-order valence-electron chi connectivity index (χ4n) is 3.12. The molecule has 0 unspecified atom stereocenters. The van der Waals surface area contributed by atoms with Crippen molar-refractivity contribution in [3.63, 3.8) is 0 Å². The Hall–Kier alpha value is -3.15. The lowest BCUT2D eigenvalue weighted by Gasteiger charge is -2.19. The highest BCUT2D eigenvalue weighted by molar-refractivity contribution is 6.07. The van der Waals surface area contributed by atoms with Gasteiger partial charge in [0.2, 0.25) is 0 Å². The molecule has 0 bridgehead atoms. The number of hydrogen-bond acceptors (Lipinski definition) is 4. The van der Waals surface area contributed by atoms with Gasteiger partial charge in [0.1, 0.15) is 11.6 Å². The standard InChI is InChI=1S/C19H19N5O/c25-19(16-7-4-8-22-18(16)24-11-1-2-12-24)23-15-6-3-5-14(13-15)17-20-9-10-21-17/h3-10,13H,1-2,11-12H2,(H,20,21)(H,23,25). The van der Waals surface area contributed by atoms with Crippen molar-refractivity contribution in [2.75, 3.05) is 23.3 Å². The summed E-state index contributed by atoms with van der Waals surface area (Å²) < 4.78 is 0. The molecule has 0 saturated carbocycles. The van der Waals surface area contributed by atoms with Crippen LogP contribution >= 0.6 is 0 Å². The second-order valence-electron chi connectivity index (χ2n) is 6.04. The SMILES string of the molecule is O=C(Nc1cccc(-c2ncc[nH]2)c1)c1cccnc1N1CCCC1. The zero-order chi connectivity index (χ0) is 17.1. The minimum Gasteiger partial charge on any atom is -0.356 e. The molecule has 4 rings (SSSR count). The quantitative estimate of drug-likeness (QED) is 0.768. The van der Waals surface area contributed by atoms with Gasteiger partial charge in [-0.2, -0.15) is 0 Å². The number of rotatable bonds is 4. The van der Waals surface area contributed by atoms with Gasteiger partial charge in [-0.3, -0.25) is 4.79 Å². The van der Waals surface area contributed by atoms with Gasteiger partial charge in [0.05, 0.1) is 5.56 Å². The summed E-state index contributed by atoms with van der Waals surface area (Å²) in [6.45, 7) is 1.90. The van der Waals surface area contributed by atoms with Crippen LogP contribution in [0.25, 0.3) is 11.4 Å². The Morgan fingerprint density at radius 3 is 2.76 bits per heavy atom. The Bertz CT molecular complexity index is 869. The van der Waals surface area contributed by atoms with Gasteiger partial charge in [-0.25, -0.2) is 9.97 Å². The van der Waals surface area contributed by atoms with Crippen molar-refractivity contribution < 1.29 is 4.79 Å². The highest BCUT2D eigenvalue weighted by atomic mass is 16.1. The van der Waals surface area contributed by atoms with E-state index in [0.29, 0.717) is 5.56 Å². The lowest BCUT2D eigenvalue weighted by molar-refractivity contribution is 0.102. The predicted octanol–water partition coefficient (Wildman–Crippen LogP) is 3.32. The number of amides is 1. The van der Waals surface area contributed by atoms with Crippen LogP contribution in [-0.2, 0) is 0 Å². The van der Waals surface area contributed by atoms with Crippen LogP contribution in [0.2, 0.25) is 0 Å². The molecule has 3 heterocycles. The van der Waals surface area contributed by atoms with E-state index in [9.17, 15) is 4.79 Å². The first-order chi connectivity index (χ1) is 12.3. The molecule has 1 aliphatic heterocycles. The Balaban J connectivity index is 1.58.